The molecule has 0 unspecified atom stereocenters. The molecule has 1 aromatic rings. The van der Waals surface area contributed by atoms with E-state index in [1.54, 1.807) is 0 Å². The van der Waals surface area contributed by atoms with Gasteiger partial charge in [-0.1, -0.05) is 12.1 Å². The molecule has 78 valence electrons. The molecule has 0 bridgehead atoms. The normalized spacial score (nSPS) is 18.6. The molecule has 0 radical (unpaired) electrons. The maximum absolute atomic E-state index is 5.72. The van der Waals surface area contributed by atoms with E-state index in [-0.39, 0.29) is 0 Å². The number of nitrogen functional groups attached to an aromatic ring is 1. The average molecular weight is 196 g/mol. The zero-order valence-electron chi connectivity index (χ0n) is 8.45. The molecule has 2 heterocycles. The largest absolute Gasteiger partial charge is 0.381 e. The maximum Gasteiger partial charge on any atom is 0.170 e. The Morgan fingerprint density at radius 2 is 2.14 bits per heavy atom. The van der Waals surface area contributed by atoms with Gasteiger partial charge in [0, 0.05) is 24.7 Å². The van der Waals surface area contributed by atoms with E-state index in [4.69, 9.17) is 15.0 Å². The summed E-state index contributed by atoms with van der Waals surface area (Å²) in [5.41, 5.74) is 6.80. The molecule has 2 rings (SSSR count). The molecule has 0 aliphatic carbocycles. The third kappa shape index (κ3) is 1.62. The molecule has 4 nitrogen and oxygen atoms in total. The Hall–Kier alpha value is -1.03. The van der Waals surface area contributed by atoms with E-state index < -0.39 is 0 Å². The molecular weight excluding hydrogens is 180 g/mol. The lowest BCUT2D eigenvalue weighted by Crippen LogP contribution is -2.14. The average Bonchev–Trinajstić information content (AvgIpc) is 2.61. The SMILES string of the molecule is CCc1c(N)noc1C1CCOCC1. The van der Waals surface area contributed by atoms with Crippen molar-refractivity contribution in [1.29, 1.82) is 0 Å². The quantitative estimate of drug-likeness (QED) is 0.782. The van der Waals surface area contributed by atoms with Crippen molar-refractivity contribution in [2.45, 2.75) is 32.1 Å². The van der Waals surface area contributed by atoms with Crippen LogP contribution in [0.1, 0.15) is 37.0 Å². The summed E-state index contributed by atoms with van der Waals surface area (Å²) in [6.07, 6.45) is 2.92. The van der Waals surface area contributed by atoms with E-state index in [9.17, 15) is 0 Å². The topological polar surface area (TPSA) is 61.3 Å². The predicted octanol–water partition coefficient (Wildman–Crippen LogP) is 1.71. The van der Waals surface area contributed by atoms with Gasteiger partial charge in [-0.3, -0.25) is 0 Å². The molecule has 1 aromatic heterocycles. The van der Waals surface area contributed by atoms with Crippen LogP contribution in [0.15, 0.2) is 4.52 Å². The van der Waals surface area contributed by atoms with Crippen molar-refractivity contribution in [3.8, 4) is 0 Å². The maximum atomic E-state index is 5.72. The van der Waals surface area contributed by atoms with Gasteiger partial charge in [-0.25, -0.2) is 0 Å². The second kappa shape index (κ2) is 4.00. The Labute approximate surface area is 83.4 Å². The van der Waals surface area contributed by atoms with Gasteiger partial charge in [0.2, 0.25) is 0 Å². The monoisotopic (exact) mass is 196 g/mol. The van der Waals surface area contributed by atoms with E-state index in [1.165, 1.54) is 0 Å². The number of rotatable bonds is 2. The van der Waals surface area contributed by atoms with Crippen molar-refractivity contribution in [3.63, 3.8) is 0 Å². The fraction of sp³-hybridized carbons (Fsp3) is 0.700. The third-order valence-electron chi connectivity index (χ3n) is 2.79. The lowest BCUT2D eigenvalue weighted by Gasteiger charge is -2.20. The molecule has 0 atom stereocenters. The number of nitrogens with two attached hydrogens (primary N) is 1. The Morgan fingerprint density at radius 1 is 1.43 bits per heavy atom. The van der Waals surface area contributed by atoms with Crippen molar-refractivity contribution in [1.82, 2.24) is 5.16 Å². The smallest absolute Gasteiger partial charge is 0.170 e. The number of hydrogen-bond acceptors (Lipinski definition) is 4. The van der Waals surface area contributed by atoms with Crippen LogP contribution in [0.2, 0.25) is 0 Å². The molecule has 2 N–H and O–H groups in total. The zero-order valence-corrected chi connectivity index (χ0v) is 8.45. The van der Waals surface area contributed by atoms with Crippen LogP contribution in [0.5, 0.6) is 0 Å². The van der Waals surface area contributed by atoms with Crippen LogP contribution in [0.25, 0.3) is 0 Å². The van der Waals surface area contributed by atoms with Gasteiger partial charge in [0.25, 0.3) is 0 Å². The molecule has 14 heavy (non-hydrogen) atoms. The van der Waals surface area contributed by atoms with E-state index >= 15 is 0 Å². The Bertz CT molecular complexity index is 303. The minimum atomic E-state index is 0.448. The number of nitrogens with zero attached hydrogens (tertiary/aromatic N) is 1. The fourth-order valence-electron chi connectivity index (χ4n) is 1.97. The molecule has 1 fully saturated rings. The van der Waals surface area contributed by atoms with Gasteiger partial charge >= 0.3 is 0 Å². The van der Waals surface area contributed by atoms with Crippen LogP contribution >= 0.6 is 0 Å². The van der Waals surface area contributed by atoms with Gasteiger partial charge < -0.3 is 15.0 Å². The first kappa shape index (κ1) is 9.52. The Balaban J connectivity index is 2.21. The molecule has 1 aliphatic heterocycles. The summed E-state index contributed by atoms with van der Waals surface area (Å²) in [6, 6.07) is 0. The van der Waals surface area contributed by atoms with Gasteiger partial charge in [0.05, 0.1) is 0 Å². The highest BCUT2D eigenvalue weighted by Gasteiger charge is 2.24. The van der Waals surface area contributed by atoms with E-state index in [0.29, 0.717) is 11.7 Å². The second-order valence-electron chi connectivity index (χ2n) is 3.65. The Morgan fingerprint density at radius 3 is 2.79 bits per heavy atom. The minimum absolute atomic E-state index is 0.448. The minimum Gasteiger partial charge on any atom is -0.381 e. The van der Waals surface area contributed by atoms with Crippen LogP contribution in [-0.4, -0.2) is 18.4 Å². The molecule has 0 amide bonds. The number of aromatic nitrogens is 1. The standard InChI is InChI=1S/C10H16N2O2/c1-2-8-9(14-12-10(8)11)7-3-5-13-6-4-7/h7H,2-6H2,1H3,(H2,11,12). The summed E-state index contributed by atoms with van der Waals surface area (Å²) in [5.74, 6) is 1.98. The molecule has 1 saturated heterocycles. The van der Waals surface area contributed by atoms with Crippen molar-refractivity contribution >= 4 is 5.82 Å². The van der Waals surface area contributed by atoms with Crippen molar-refractivity contribution in [2.24, 2.45) is 0 Å². The predicted molar refractivity (Wildman–Crippen MR) is 53.1 cm³/mol. The third-order valence-corrected chi connectivity index (χ3v) is 2.79. The summed E-state index contributed by atoms with van der Waals surface area (Å²) in [7, 11) is 0. The molecule has 0 aromatic carbocycles. The van der Waals surface area contributed by atoms with E-state index in [1.807, 2.05) is 0 Å². The lowest BCUT2D eigenvalue weighted by atomic mass is 9.94. The van der Waals surface area contributed by atoms with E-state index in [2.05, 4.69) is 12.1 Å². The fourth-order valence-corrected chi connectivity index (χ4v) is 1.97. The highest BCUT2D eigenvalue weighted by atomic mass is 16.5. The number of ether oxygens (including phenoxy) is 1. The number of hydrogen-bond donors (Lipinski definition) is 1. The molecule has 0 spiro atoms. The van der Waals surface area contributed by atoms with Crippen LogP contribution in [0, 0.1) is 0 Å². The van der Waals surface area contributed by atoms with Crippen LogP contribution in [-0.2, 0) is 11.2 Å². The molecular formula is C10H16N2O2. The van der Waals surface area contributed by atoms with Gasteiger partial charge in [0.15, 0.2) is 5.82 Å². The van der Waals surface area contributed by atoms with Gasteiger partial charge in [-0.2, -0.15) is 0 Å². The highest BCUT2D eigenvalue weighted by molar-refractivity contribution is 5.41. The first-order chi connectivity index (χ1) is 6.83. The van der Waals surface area contributed by atoms with Gasteiger partial charge in [-0.15, -0.1) is 0 Å². The van der Waals surface area contributed by atoms with Crippen LogP contribution < -0.4 is 5.73 Å². The van der Waals surface area contributed by atoms with Crippen LogP contribution in [0.4, 0.5) is 5.82 Å². The summed E-state index contributed by atoms with van der Waals surface area (Å²) in [4.78, 5) is 0. The lowest BCUT2D eigenvalue weighted by molar-refractivity contribution is 0.0788. The second-order valence-corrected chi connectivity index (χ2v) is 3.65. The first-order valence-corrected chi connectivity index (χ1v) is 5.14. The highest BCUT2D eigenvalue weighted by Crippen LogP contribution is 2.31. The molecule has 1 aliphatic rings. The van der Waals surface area contributed by atoms with Crippen molar-refractivity contribution in [2.75, 3.05) is 18.9 Å². The zero-order chi connectivity index (χ0) is 9.97. The first-order valence-electron chi connectivity index (χ1n) is 5.14. The van der Waals surface area contributed by atoms with E-state index in [0.717, 1.165) is 43.8 Å². The molecule has 0 saturated carbocycles. The Kier molecular flexibility index (Phi) is 2.72. The van der Waals surface area contributed by atoms with Gasteiger partial charge in [-0.05, 0) is 19.3 Å². The van der Waals surface area contributed by atoms with Crippen molar-refractivity contribution in [3.05, 3.63) is 11.3 Å². The van der Waals surface area contributed by atoms with Crippen molar-refractivity contribution < 1.29 is 9.26 Å². The number of anilines is 1. The summed E-state index contributed by atoms with van der Waals surface area (Å²) in [6.45, 7) is 3.70. The summed E-state index contributed by atoms with van der Waals surface area (Å²) in [5, 5.41) is 3.82. The van der Waals surface area contributed by atoms with Gasteiger partial charge in [0.1, 0.15) is 5.76 Å². The molecule has 4 heteroatoms. The van der Waals surface area contributed by atoms with Crippen LogP contribution in [0.3, 0.4) is 0 Å². The summed E-state index contributed by atoms with van der Waals surface area (Å²) >= 11 is 0. The summed E-state index contributed by atoms with van der Waals surface area (Å²) < 4.78 is 10.6.